The van der Waals surface area contributed by atoms with Crippen molar-refractivity contribution in [1.82, 2.24) is 10.2 Å². The van der Waals surface area contributed by atoms with E-state index in [0.29, 0.717) is 32.6 Å². The molecule has 0 unspecified atom stereocenters. The smallest absolute Gasteiger partial charge is 0.357 e. The van der Waals surface area contributed by atoms with Crippen molar-refractivity contribution in [2.45, 2.75) is 25.2 Å². The molecule has 0 aromatic heterocycles. The molecular weight excluding hydrogens is 590 g/mol. The summed E-state index contributed by atoms with van der Waals surface area (Å²) < 4.78 is 66.3. The van der Waals surface area contributed by atoms with Crippen LogP contribution in [0.4, 0.5) is 18.9 Å². The Morgan fingerprint density at radius 2 is 1.57 bits per heavy atom. The third-order valence-electron chi connectivity index (χ3n) is 6.04. The van der Waals surface area contributed by atoms with E-state index in [1.165, 1.54) is 7.05 Å². The van der Waals surface area contributed by atoms with Gasteiger partial charge in [0.05, 0.1) is 22.5 Å². The van der Waals surface area contributed by atoms with Crippen molar-refractivity contribution in [3.05, 3.63) is 99.5 Å². The molecule has 7 nitrogen and oxygen atoms in total. The van der Waals surface area contributed by atoms with Crippen LogP contribution in [0.15, 0.2) is 72.8 Å². The third-order valence-corrected chi connectivity index (χ3v) is 7.85. The highest BCUT2D eigenvalue weighted by atomic mass is 35.5. The number of halogens is 5. The van der Waals surface area contributed by atoms with Crippen molar-refractivity contribution in [2.24, 2.45) is 0 Å². The number of hydrogen-bond acceptors (Lipinski definition) is 4. The van der Waals surface area contributed by atoms with E-state index in [1.54, 1.807) is 54.6 Å². The number of carbonyl (C=O) groups excluding carboxylic acids is 2. The van der Waals surface area contributed by atoms with Crippen LogP contribution in [0.5, 0.6) is 0 Å². The lowest BCUT2D eigenvalue weighted by atomic mass is 10.0. The highest BCUT2D eigenvalue weighted by molar-refractivity contribution is 7.92. The average Bonchev–Trinajstić information content (AvgIpc) is 2.89. The molecule has 0 fully saturated rings. The van der Waals surface area contributed by atoms with Gasteiger partial charge in [-0.1, -0.05) is 71.7 Å². The van der Waals surface area contributed by atoms with Gasteiger partial charge >= 0.3 is 6.18 Å². The summed E-state index contributed by atoms with van der Waals surface area (Å²) in [5.41, 5.74) is -0.478. The van der Waals surface area contributed by atoms with Gasteiger partial charge in [0.15, 0.2) is 0 Å². The Hall–Kier alpha value is -3.28. The van der Waals surface area contributed by atoms with Crippen molar-refractivity contribution < 1.29 is 31.2 Å². The number of rotatable bonds is 10. The van der Waals surface area contributed by atoms with Gasteiger partial charge in [0.1, 0.15) is 12.6 Å². The van der Waals surface area contributed by atoms with Crippen LogP contribution in [0.2, 0.25) is 10.0 Å². The molecule has 0 saturated carbocycles. The zero-order chi connectivity index (χ0) is 29.7. The summed E-state index contributed by atoms with van der Waals surface area (Å²) in [5.74, 6) is -1.39. The maximum absolute atomic E-state index is 13.9. The van der Waals surface area contributed by atoms with Gasteiger partial charge in [-0.15, -0.1) is 0 Å². The average molecular weight is 616 g/mol. The zero-order valence-electron chi connectivity index (χ0n) is 21.5. The molecule has 0 radical (unpaired) electrons. The first-order chi connectivity index (χ1) is 18.7. The molecule has 3 rings (SSSR count). The Labute approximate surface area is 240 Å². The number of alkyl halides is 3. The van der Waals surface area contributed by atoms with Crippen LogP contribution < -0.4 is 9.62 Å². The number of nitrogens with one attached hydrogen (secondary N) is 1. The molecular formula is C27H26Cl2F3N3O4S. The van der Waals surface area contributed by atoms with E-state index in [-0.39, 0.29) is 18.0 Å². The fourth-order valence-corrected chi connectivity index (χ4v) is 5.32. The Morgan fingerprint density at radius 1 is 0.950 bits per heavy atom. The molecule has 0 aliphatic carbocycles. The number of benzene rings is 3. The summed E-state index contributed by atoms with van der Waals surface area (Å²) >= 11 is 12.5. The fraction of sp³-hybridized carbons (Fsp3) is 0.259. The quantitative estimate of drug-likeness (QED) is 0.341. The first kappa shape index (κ1) is 31.3. The highest BCUT2D eigenvalue weighted by Crippen LogP contribution is 2.36. The van der Waals surface area contributed by atoms with Crippen LogP contribution in [-0.4, -0.2) is 51.0 Å². The minimum absolute atomic E-state index is 0.0693. The Kier molecular flexibility index (Phi) is 10.1. The van der Waals surface area contributed by atoms with Crippen molar-refractivity contribution >= 4 is 50.7 Å². The van der Waals surface area contributed by atoms with Gasteiger partial charge in [-0.25, -0.2) is 8.42 Å². The minimum atomic E-state index is -4.79. The largest absolute Gasteiger partial charge is 0.416 e. The summed E-state index contributed by atoms with van der Waals surface area (Å²) in [5, 5.41) is 2.52. The number of hydrogen-bond donors (Lipinski definition) is 1. The normalized spacial score (nSPS) is 12.5. The van der Waals surface area contributed by atoms with E-state index in [2.05, 4.69) is 5.32 Å². The molecule has 3 aromatic rings. The lowest BCUT2D eigenvalue weighted by Gasteiger charge is -2.33. The second-order valence-corrected chi connectivity index (χ2v) is 11.6. The van der Waals surface area contributed by atoms with E-state index in [4.69, 9.17) is 23.2 Å². The molecule has 40 heavy (non-hydrogen) atoms. The maximum Gasteiger partial charge on any atom is 0.416 e. The SMILES string of the molecule is CNC(=O)[C@@H](Cc1ccccc1)N(Cc1ccccc1Cl)C(=O)CN(c1cc(C(F)(F)F)ccc1Cl)S(C)(=O)=O. The van der Waals surface area contributed by atoms with Crippen LogP contribution in [0.1, 0.15) is 16.7 Å². The molecule has 1 atom stereocenters. The predicted molar refractivity (Wildman–Crippen MR) is 149 cm³/mol. The topological polar surface area (TPSA) is 86.8 Å². The molecule has 3 aromatic carbocycles. The number of likely N-dealkylation sites (N-methyl/N-ethyl adjacent to an activating group) is 1. The van der Waals surface area contributed by atoms with E-state index in [1.807, 2.05) is 0 Å². The molecule has 0 spiro atoms. The lowest BCUT2D eigenvalue weighted by molar-refractivity contribution is -0.139. The molecule has 1 N–H and O–H groups in total. The number of anilines is 1. The number of nitrogens with zero attached hydrogens (tertiary/aromatic N) is 2. The standard InChI is InChI=1S/C27H26Cl2F3N3O4S/c1-33-26(37)24(14-18-8-4-3-5-9-18)34(16-19-10-6-7-11-21(19)28)25(36)17-35(40(2,38)39)23-15-20(27(30,31)32)12-13-22(23)29/h3-13,15,24H,14,16-17H2,1-2H3,(H,33,37)/t24-/m1/s1. The summed E-state index contributed by atoms with van der Waals surface area (Å²) in [6.07, 6.45) is -3.97. The fourth-order valence-electron chi connectivity index (χ4n) is 4.01. The minimum Gasteiger partial charge on any atom is -0.357 e. The number of amides is 2. The van der Waals surface area contributed by atoms with E-state index in [9.17, 15) is 31.2 Å². The van der Waals surface area contributed by atoms with Crippen LogP contribution in [-0.2, 0) is 38.8 Å². The van der Waals surface area contributed by atoms with Gasteiger partial charge in [0.25, 0.3) is 0 Å². The maximum atomic E-state index is 13.9. The molecule has 0 heterocycles. The summed E-state index contributed by atoms with van der Waals surface area (Å²) in [4.78, 5) is 28.1. The summed E-state index contributed by atoms with van der Waals surface area (Å²) in [7, 11) is -2.92. The van der Waals surface area contributed by atoms with E-state index >= 15 is 0 Å². The first-order valence-corrected chi connectivity index (χ1v) is 14.5. The molecule has 0 aliphatic rings. The van der Waals surface area contributed by atoms with Crippen molar-refractivity contribution in [3.8, 4) is 0 Å². The molecule has 0 saturated heterocycles. The van der Waals surface area contributed by atoms with Gasteiger partial charge in [0.2, 0.25) is 21.8 Å². The zero-order valence-corrected chi connectivity index (χ0v) is 23.8. The second kappa shape index (κ2) is 12.9. The molecule has 214 valence electrons. The van der Waals surface area contributed by atoms with Gasteiger partial charge < -0.3 is 10.2 Å². The Bertz CT molecular complexity index is 1470. The lowest BCUT2D eigenvalue weighted by Crippen LogP contribution is -2.53. The van der Waals surface area contributed by atoms with Crippen molar-refractivity contribution in [2.75, 3.05) is 24.2 Å². The third kappa shape index (κ3) is 7.89. The Balaban J connectivity index is 2.10. The molecule has 0 bridgehead atoms. The van der Waals surface area contributed by atoms with Gasteiger partial charge in [-0.3, -0.25) is 13.9 Å². The van der Waals surface area contributed by atoms with Crippen LogP contribution in [0.3, 0.4) is 0 Å². The summed E-state index contributed by atoms with van der Waals surface area (Å²) in [6.45, 7) is -1.11. The van der Waals surface area contributed by atoms with Gasteiger partial charge in [-0.05, 0) is 35.4 Å². The van der Waals surface area contributed by atoms with Crippen molar-refractivity contribution in [1.29, 1.82) is 0 Å². The van der Waals surface area contributed by atoms with E-state index in [0.717, 1.165) is 17.2 Å². The van der Waals surface area contributed by atoms with Crippen LogP contribution in [0, 0.1) is 0 Å². The highest BCUT2D eigenvalue weighted by Gasteiger charge is 2.35. The monoisotopic (exact) mass is 615 g/mol. The molecule has 13 heteroatoms. The first-order valence-electron chi connectivity index (χ1n) is 11.8. The molecule has 2 amide bonds. The second-order valence-electron chi connectivity index (χ2n) is 8.87. The number of carbonyl (C=O) groups is 2. The number of sulfonamides is 1. The van der Waals surface area contributed by atoms with Gasteiger partial charge in [-0.2, -0.15) is 13.2 Å². The van der Waals surface area contributed by atoms with Crippen LogP contribution in [0.25, 0.3) is 0 Å². The van der Waals surface area contributed by atoms with E-state index < -0.39 is 51.9 Å². The van der Waals surface area contributed by atoms with Crippen LogP contribution >= 0.6 is 23.2 Å². The Morgan fingerprint density at radius 3 is 2.15 bits per heavy atom. The predicted octanol–water partition coefficient (Wildman–Crippen LogP) is 5.16. The van der Waals surface area contributed by atoms with Crippen molar-refractivity contribution in [3.63, 3.8) is 0 Å². The molecule has 0 aliphatic heterocycles. The summed E-state index contributed by atoms with van der Waals surface area (Å²) in [6, 6.07) is 16.5. The van der Waals surface area contributed by atoms with Gasteiger partial charge in [0, 0.05) is 25.0 Å².